The normalized spacial score (nSPS) is 16.1. The SMILES string of the molecule is Cc1ccnc2c1nc(CCCl)n2CCOC1CCCC1. The molecule has 0 aromatic carbocycles. The molecule has 2 aromatic rings. The number of halogens is 1. The van der Waals surface area contributed by atoms with E-state index in [9.17, 15) is 0 Å². The maximum atomic E-state index is 5.98. The van der Waals surface area contributed by atoms with E-state index in [-0.39, 0.29) is 0 Å². The van der Waals surface area contributed by atoms with Crippen molar-refractivity contribution in [2.45, 2.75) is 51.7 Å². The first-order chi connectivity index (χ1) is 10.3. The first-order valence-corrected chi connectivity index (χ1v) is 8.31. The Bertz CT molecular complexity index is 605. The van der Waals surface area contributed by atoms with E-state index in [1.54, 1.807) is 0 Å². The predicted octanol–water partition coefficient (Wildman–Crippen LogP) is 3.48. The molecule has 0 unspecified atom stereocenters. The molecule has 1 aliphatic rings. The van der Waals surface area contributed by atoms with Gasteiger partial charge in [-0.2, -0.15) is 0 Å². The van der Waals surface area contributed by atoms with Crippen LogP contribution in [0, 0.1) is 6.92 Å². The average Bonchev–Trinajstić information content (AvgIpc) is 3.09. The van der Waals surface area contributed by atoms with E-state index in [4.69, 9.17) is 21.3 Å². The van der Waals surface area contributed by atoms with Gasteiger partial charge in [-0.1, -0.05) is 12.8 Å². The van der Waals surface area contributed by atoms with E-state index in [0.29, 0.717) is 12.0 Å². The van der Waals surface area contributed by atoms with Gasteiger partial charge in [-0.05, 0) is 31.4 Å². The van der Waals surface area contributed by atoms with E-state index in [2.05, 4.69) is 16.5 Å². The molecule has 0 radical (unpaired) electrons. The van der Waals surface area contributed by atoms with Crippen LogP contribution in [-0.2, 0) is 17.7 Å². The van der Waals surface area contributed by atoms with Gasteiger partial charge in [0.2, 0.25) is 0 Å². The molecule has 0 spiro atoms. The Morgan fingerprint density at radius 2 is 2.19 bits per heavy atom. The standard InChI is InChI=1S/C16H22ClN3O/c1-12-7-9-18-16-15(12)19-14(6-8-17)20(16)10-11-21-13-4-2-3-5-13/h7,9,13H,2-6,8,10-11H2,1H3. The number of ether oxygens (including phenoxy) is 1. The minimum atomic E-state index is 0.450. The van der Waals surface area contributed by atoms with Gasteiger partial charge in [0.1, 0.15) is 11.3 Å². The molecular formula is C16H22ClN3O. The lowest BCUT2D eigenvalue weighted by molar-refractivity contribution is 0.0530. The molecule has 3 rings (SSSR count). The highest BCUT2D eigenvalue weighted by atomic mass is 35.5. The van der Waals surface area contributed by atoms with Crippen LogP contribution in [0.3, 0.4) is 0 Å². The minimum Gasteiger partial charge on any atom is -0.376 e. The van der Waals surface area contributed by atoms with Crippen LogP contribution in [0.25, 0.3) is 11.2 Å². The molecule has 4 nitrogen and oxygen atoms in total. The quantitative estimate of drug-likeness (QED) is 0.767. The Morgan fingerprint density at radius 1 is 1.38 bits per heavy atom. The maximum Gasteiger partial charge on any atom is 0.160 e. The second-order valence-corrected chi connectivity index (χ2v) is 6.07. The maximum absolute atomic E-state index is 5.98. The molecule has 0 saturated heterocycles. The van der Waals surface area contributed by atoms with Crippen molar-refractivity contribution in [3.8, 4) is 0 Å². The number of aromatic nitrogens is 3. The Morgan fingerprint density at radius 3 is 2.95 bits per heavy atom. The molecule has 2 heterocycles. The van der Waals surface area contributed by atoms with Gasteiger partial charge in [0.25, 0.3) is 0 Å². The van der Waals surface area contributed by atoms with Crippen molar-refractivity contribution in [2.24, 2.45) is 0 Å². The third-order valence-electron chi connectivity index (χ3n) is 4.20. The number of hydrogen-bond acceptors (Lipinski definition) is 3. The molecule has 114 valence electrons. The lowest BCUT2D eigenvalue weighted by atomic mass is 10.3. The molecule has 0 bridgehead atoms. The monoisotopic (exact) mass is 307 g/mol. The molecule has 0 amide bonds. The Kier molecular flexibility index (Phi) is 4.76. The summed E-state index contributed by atoms with van der Waals surface area (Å²) in [6.07, 6.45) is 8.07. The van der Waals surface area contributed by atoms with Gasteiger partial charge in [0, 0.05) is 25.0 Å². The first kappa shape index (κ1) is 14.8. The molecule has 0 atom stereocenters. The van der Waals surface area contributed by atoms with Crippen LogP contribution in [0.5, 0.6) is 0 Å². The van der Waals surface area contributed by atoms with E-state index in [0.717, 1.165) is 42.1 Å². The van der Waals surface area contributed by atoms with Crippen LogP contribution in [0.2, 0.25) is 0 Å². The number of rotatable bonds is 6. The van der Waals surface area contributed by atoms with Gasteiger partial charge in [-0.15, -0.1) is 11.6 Å². The van der Waals surface area contributed by atoms with Crippen molar-refractivity contribution < 1.29 is 4.74 Å². The smallest absolute Gasteiger partial charge is 0.160 e. The predicted molar refractivity (Wildman–Crippen MR) is 84.9 cm³/mol. The molecule has 5 heteroatoms. The van der Waals surface area contributed by atoms with Crippen molar-refractivity contribution >= 4 is 22.8 Å². The summed E-state index contributed by atoms with van der Waals surface area (Å²) in [4.78, 5) is 9.21. The van der Waals surface area contributed by atoms with Crippen molar-refractivity contribution in [1.29, 1.82) is 0 Å². The van der Waals surface area contributed by atoms with Crippen molar-refractivity contribution in [2.75, 3.05) is 12.5 Å². The summed E-state index contributed by atoms with van der Waals surface area (Å²) in [6.45, 7) is 3.59. The fourth-order valence-corrected chi connectivity index (χ4v) is 3.23. The van der Waals surface area contributed by atoms with Crippen LogP contribution in [0.1, 0.15) is 37.1 Å². The van der Waals surface area contributed by atoms with Crippen LogP contribution >= 0.6 is 11.6 Å². The number of pyridine rings is 1. The van der Waals surface area contributed by atoms with Gasteiger partial charge >= 0.3 is 0 Å². The molecule has 0 N–H and O–H groups in total. The lowest BCUT2D eigenvalue weighted by Crippen LogP contribution is -2.15. The zero-order valence-corrected chi connectivity index (χ0v) is 13.3. The molecule has 1 aliphatic carbocycles. The largest absolute Gasteiger partial charge is 0.376 e. The summed E-state index contributed by atoms with van der Waals surface area (Å²) in [6, 6.07) is 2.00. The summed E-state index contributed by atoms with van der Waals surface area (Å²) < 4.78 is 8.15. The number of hydrogen-bond donors (Lipinski definition) is 0. The number of fused-ring (bicyclic) bond motifs is 1. The zero-order valence-electron chi connectivity index (χ0n) is 12.5. The molecular weight excluding hydrogens is 286 g/mol. The van der Waals surface area contributed by atoms with Crippen molar-refractivity contribution in [1.82, 2.24) is 14.5 Å². The molecule has 0 aliphatic heterocycles. The number of aryl methyl sites for hydroxylation is 2. The van der Waals surface area contributed by atoms with Crippen LogP contribution < -0.4 is 0 Å². The van der Waals surface area contributed by atoms with Crippen LogP contribution in [0.15, 0.2) is 12.3 Å². The first-order valence-electron chi connectivity index (χ1n) is 7.78. The van der Waals surface area contributed by atoms with Gasteiger partial charge < -0.3 is 9.30 Å². The summed E-state index contributed by atoms with van der Waals surface area (Å²) >= 11 is 5.91. The fourth-order valence-electron chi connectivity index (χ4n) is 3.06. The number of alkyl halides is 1. The molecule has 1 fully saturated rings. The zero-order chi connectivity index (χ0) is 14.7. The van der Waals surface area contributed by atoms with E-state index >= 15 is 0 Å². The highest BCUT2D eigenvalue weighted by molar-refractivity contribution is 6.17. The Hall–Kier alpha value is -1.13. The third-order valence-corrected chi connectivity index (χ3v) is 4.39. The summed E-state index contributed by atoms with van der Waals surface area (Å²) in [7, 11) is 0. The summed E-state index contributed by atoms with van der Waals surface area (Å²) in [5.74, 6) is 1.59. The molecule has 2 aromatic heterocycles. The number of imidazole rings is 1. The Balaban J connectivity index is 1.78. The average molecular weight is 308 g/mol. The molecule has 21 heavy (non-hydrogen) atoms. The third kappa shape index (κ3) is 3.22. The number of nitrogens with zero attached hydrogens (tertiary/aromatic N) is 3. The van der Waals surface area contributed by atoms with Crippen LogP contribution in [0.4, 0.5) is 0 Å². The highest BCUT2D eigenvalue weighted by Crippen LogP contribution is 2.22. The summed E-state index contributed by atoms with van der Waals surface area (Å²) in [5, 5.41) is 0. The second-order valence-electron chi connectivity index (χ2n) is 5.70. The van der Waals surface area contributed by atoms with Gasteiger partial charge in [0.05, 0.1) is 12.7 Å². The second kappa shape index (κ2) is 6.75. The fraction of sp³-hybridized carbons (Fsp3) is 0.625. The molecule has 1 saturated carbocycles. The van der Waals surface area contributed by atoms with E-state index in [1.165, 1.54) is 25.7 Å². The van der Waals surface area contributed by atoms with Gasteiger partial charge in [-0.25, -0.2) is 9.97 Å². The van der Waals surface area contributed by atoms with E-state index in [1.807, 2.05) is 12.3 Å². The summed E-state index contributed by atoms with van der Waals surface area (Å²) in [5.41, 5.74) is 3.09. The van der Waals surface area contributed by atoms with Crippen LogP contribution in [-0.4, -0.2) is 33.1 Å². The van der Waals surface area contributed by atoms with Crippen molar-refractivity contribution in [3.05, 3.63) is 23.7 Å². The van der Waals surface area contributed by atoms with Gasteiger partial charge in [0.15, 0.2) is 5.65 Å². The van der Waals surface area contributed by atoms with E-state index < -0.39 is 0 Å². The lowest BCUT2D eigenvalue weighted by Gasteiger charge is -2.13. The van der Waals surface area contributed by atoms with Crippen molar-refractivity contribution in [3.63, 3.8) is 0 Å². The topological polar surface area (TPSA) is 39.9 Å². The minimum absolute atomic E-state index is 0.450. The highest BCUT2D eigenvalue weighted by Gasteiger charge is 2.16. The Labute approximate surface area is 130 Å². The van der Waals surface area contributed by atoms with Gasteiger partial charge in [-0.3, -0.25) is 0 Å².